The zero-order chi connectivity index (χ0) is 14.4. The lowest BCUT2D eigenvalue weighted by Crippen LogP contribution is -1.94. The molecule has 5 heteroatoms. The van der Waals surface area contributed by atoms with E-state index in [1.54, 1.807) is 12.4 Å². The molecule has 0 spiro atoms. The molecule has 104 valence electrons. The zero-order valence-corrected chi connectivity index (χ0v) is 11.5. The predicted octanol–water partition coefficient (Wildman–Crippen LogP) is 3.60. The second kappa shape index (κ2) is 4.41. The molecule has 0 amide bonds. The maximum atomic E-state index is 13.3. The van der Waals surface area contributed by atoms with Crippen LogP contribution in [0.2, 0.25) is 0 Å². The van der Waals surface area contributed by atoms with Crippen molar-refractivity contribution in [2.45, 2.75) is 13.3 Å². The van der Waals surface area contributed by atoms with E-state index >= 15 is 0 Å². The number of imidazole rings is 2. The third-order valence-electron chi connectivity index (χ3n) is 3.68. The fraction of sp³-hybridized carbons (Fsp3) is 0.125. The summed E-state index contributed by atoms with van der Waals surface area (Å²) in [5.41, 5.74) is 4.57. The topological polar surface area (TPSA) is 46.5 Å². The van der Waals surface area contributed by atoms with Gasteiger partial charge in [-0.1, -0.05) is 13.0 Å². The van der Waals surface area contributed by atoms with Gasteiger partial charge in [0.15, 0.2) is 0 Å². The number of nitrogens with zero attached hydrogens (tertiary/aromatic N) is 3. The van der Waals surface area contributed by atoms with Crippen molar-refractivity contribution in [3.05, 3.63) is 54.1 Å². The standard InChI is InChI=1S/C16H13FN4/c1-2-10-3-6-15-14(7-10)18-9-21(15)16-19-12-5-4-11(17)8-13(12)20-16/h3-9H,2H2,1H3,(H,19,20). The predicted molar refractivity (Wildman–Crippen MR) is 80.1 cm³/mol. The molecule has 0 aliphatic rings. The highest BCUT2D eigenvalue weighted by Gasteiger charge is 2.09. The number of halogens is 1. The first-order chi connectivity index (χ1) is 10.2. The van der Waals surface area contributed by atoms with Crippen molar-refractivity contribution in [1.29, 1.82) is 0 Å². The van der Waals surface area contributed by atoms with E-state index in [-0.39, 0.29) is 5.82 Å². The largest absolute Gasteiger partial charge is 0.323 e. The number of hydrogen-bond donors (Lipinski definition) is 1. The van der Waals surface area contributed by atoms with E-state index in [1.807, 2.05) is 10.6 Å². The molecule has 4 rings (SSSR count). The normalized spacial score (nSPS) is 11.5. The van der Waals surface area contributed by atoms with E-state index in [0.717, 1.165) is 23.0 Å². The maximum absolute atomic E-state index is 13.3. The van der Waals surface area contributed by atoms with Crippen LogP contribution in [0.1, 0.15) is 12.5 Å². The van der Waals surface area contributed by atoms with E-state index in [2.05, 4.69) is 34.0 Å². The second-order valence-corrected chi connectivity index (χ2v) is 5.01. The molecule has 0 aliphatic heterocycles. The van der Waals surface area contributed by atoms with E-state index in [4.69, 9.17) is 0 Å². The van der Waals surface area contributed by atoms with Crippen LogP contribution in [0.4, 0.5) is 4.39 Å². The molecular weight excluding hydrogens is 267 g/mol. The van der Waals surface area contributed by atoms with Gasteiger partial charge in [0, 0.05) is 0 Å². The van der Waals surface area contributed by atoms with Gasteiger partial charge in [0.25, 0.3) is 0 Å². The van der Waals surface area contributed by atoms with Crippen LogP contribution in [0.3, 0.4) is 0 Å². The number of H-pyrrole nitrogens is 1. The van der Waals surface area contributed by atoms with Crippen LogP contribution in [0.25, 0.3) is 28.0 Å². The summed E-state index contributed by atoms with van der Waals surface area (Å²) in [4.78, 5) is 12.0. The molecule has 0 fully saturated rings. The van der Waals surface area contributed by atoms with Crippen LogP contribution in [0.5, 0.6) is 0 Å². The third-order valence-corrected chi connectivity index (χ3v) is 3.68. The Balaban J connectivity index is 1.91. The minimum atomic E-state index is -0.277. The van der Waals surface area contributed by atoms with E-state index in [9.17, 15) is 4.39 Å². The molecule has 0 saturated heterocycles. The molecule has 0 aliphatic carbocycles. The molecule has 4 nitrogen and oxygen atoms in total. The van der Waals surface area contributed by atoms with E-state index < -0.39 is 0 Å². The highest BCUT2D eigenvalue weighted by molar-refractivity contribution is 5.80. The molecule has 2 aromatic carbocycles. The minimum Gasteiger partial charge on any atom is -0.323 e. The monoisotopic (exact) mass is 280 g/mol. The average Bonchev–Trinajstić information content (AvgIpc) is 3.08. The third kappa shape index (κ3) is 1.89. The van der Waals surface area contributed by atoms with Gasteiger partial charge in [-0.05, 0) is 42.3 Å². The van der Waals surface area contributed by atoms with Crippen LogP contribution in [-0.2, 0) is 6.42 Å². The van der Waals surface area contributed by atoms with Crippen molar-refractivity contribution in [2.75, 3.05) is 0 Å². The number of hydrogen-bond acceptors (Lipinski definition) is 2. The quantitative estimate of drug-likeness (QED) is 0.609. The fourth-order valence-corrected chi connectivity index (χ4v) is 2.53. The molecule has 2 aromatic heterocycles. The summed E-state index contributed by atoms with van der Waals surface area (Å²) in [6, 6.07) is 10.7. The Labute approximate surface area is 120 Å². The Morgan fingerprint density at radius 1 is 1.14 bits per heavy atom. The summed E-state index contributed by atoms with van der Waals surface area (Å²) in [5, 5.41) is 0. The average molecular weight is 280 g/mol. The Morgan fingerprint density at radius 2 is 2.05 bits per heavy atom. The van der Waals surface area contributed by atoms with Gasteiger partial charge in [-0.25, -0.2) is 14.4 Å². The highest BCUT2D eigenvalue weighted by Crippen LogP contribution is 2.21. The second-order valence-electron chi connectivity index (χ2n) is 5.01. The molecule has 1 N–H and O–H groups in total. The Kier molecular flexibility index (Phi) is 2.54. The summed E-state index contributed by atoms with van der Waals surface area (Å²) < 4.78 is 15.1. The van der Waals surface area contributed by atoms with Crippen molar-refractivity contribution in [3.8, 4) is 5.95 Å². The van der Waals surface area contributed by atoms with Gasteiger partial charge >= 0.3 is 0 Å². The summed E-state index contributed by atoms with van der Waals surface area (Å²) in [6.07, 6.45) is 2.71. The molecule has 21 heavy (non-hydrogen) atoms. The van der Waals surface area contributed by atoms with Crippen molar-refractivity contribution in [3.63, 3.8) is 0 Å². The Bertz CT molecular complexity index is 951. The van der Waals surface area contributed by atoms with Crippen LogP contribution >= 0.6 is 0 Å². The molecule has 0 radical (unpaired) electrons. The molecule has 0 atom stereocenters. The maximum Gasteiger partial charge on any atom is 0.213 e. The number of fused-ring (bicyclic) bond motifs is 2. The number of rotatable bonds is 2. The van der Waals surface area contributed by atoms with Crippen LogP contribution in [-0.4, -0.2) is 19.5 Å². The van der Waals surface area contributed by atoms with Gasteiger partial charge in [-0.15, -0.1) is 0 Å². The van der Waals surface area contributed by atoms with Crippen molar-refractivity contribution >= 4 is 22.1 Å². The molecular formula is C16H13FN4. The first-order valence-corrected chi connectivity index (χ1v) is 6.86. The van der Waals surface area contributed by atoms with Gasteiger partial charge in [0.05, 0.1) is 22.1 Å². The lowest BCUT2D eigenvalue weighted by molar-refractivity contribution is 0.629. The molecule has 0 unspecified atom stereocenters. The number of aryl methyl sites for hydroxylation is 1. The first-order valence-electron chi connectivity index (χ1n) is 6.86. The van der Waals surface area contributed by atoms with Crippen molar-refractivity contribution in [1.82, 2.24) is 19.5 Å². The summed E-state index contributed by atoms with van der Waals surface area (Å²) >= 11 is 0. The Hall–Kier alpha value is -2.69. The lowest BCUT2D eigenvalue weighted by atomic mass is 10.1. The van der Waals surface area contributed by atoms with Gasteiger partial charge in [-0.2, -0.15) is 0 Å². The summed E-state index contributed by atoms with van der Waals surface area (Å²) in [5.74, 6) is 0.364. The number of aromatic amines is 1. The molecule has 0 bridgehead atoms. The van der Waals surface area contributed by atoms with E-state index in [0.29, 0.717) is 11.5 Å². The van der Waals surface area contributed by atoms with Crippen LogP contribution < -0.4 is 0 Å². The lowest BCUT2D eigenvalue weighted by Gasteiger charge is -2.00. The SMILES string of the molecule is CCc1ccc2c(c1)ncn2-c1nc2ccc(F)cc2[nH]1. The van der Waals surface area contributed by atoms with E-state index in [1.165, 1.54) is 17.7 Å². The van der Waals surface area contributed by atoms with Crippen LogP contribution in [0.15, 0.2) is 42.7 Å². The van der Waals surface area contributed by atoms with Crippen molar-refractivity contribution in [2.24, 2.45) is 0 Å². The van der Waals surface area contributed by atoms with Gasteiger partial charge in [0.1, 0.15) is 12.1 Å². The highest BCUT2D eigenvalue weighted by atomic mass is 19.1. The number of aromatic nitrogens is 4. The fourth-order valence-electron chi connectivity index (χ4n) is 2.53. The van der Waals surface area contributed by atoms with Gasteiger partial charge < -0.3 is 4.98 Å². The Morgan fingerprint density at radius 3 is 2.90 bits per heavy atom. The minimum absolute atomic E-state index is 0.277. The molecule has 4 aromatic rings. The molecule has 2 heterocycles. The first kappa shape index (κ1) is 12.1. The zero-order valence-electron chi connectivity index (χ0n) is 11.5. The molecule has 0 saturated carbocycles. The number of nitrogens with one attached hydrogen (secondary N) is 1. The smallest absolute Gasteiger partial charge is 0.213 e. The van der Waals surface area contributed by atoms with Crippen LogP contribution in [0, 0.1) is 5.82 Å². The number of benzene rings is 2. The van der Waals surface area contributed by atoms with Gasteiger partial charge in [-0.3, -0.25) is 4.57 Å². The summed E-state index contributed by atoms with van der Waals surface area (Å²) in [6.45, 7) is 2.12. The van der Waals surface area contributed by atoms with Gasteiger partial charge in [0.2, 0.25) is 5.95 Å². The van der Waals surface area contributed by atoms with Crippen molar-refractivity contribution < 1.29 is 4.39 Å². The summed E-state index contributed by atoms with van der Waals surface area (Å²) in [7, 11) is 0.